The number of hydrogen-bond donors (Lipinski definition) is 1. The van der Waals surface area contributed by atoms with E-state index in [0.717, 1.165) is 0 Å². The molecule has 0 aliphatic carbocycles. The van der Waals surface area contributed by atoms with E-state index in [4.69, 9.17) is 27.9 Å². The number of likely N-dealkylation sites (N-methyl/N-ethyl adjacent to an activating group) is 1. The van der Waals surface area contributed by atoms with Gasteiger partial charge in [-0.2, -0.15) is 0 Å². The molecule has 3 aromatic carbocycles. The first-order chi connectivity index (χ1) is 16.7. The largest absolute Gasteiger partial charge is 0.486 e. The fourth-order valence-corrected chi connectivity index (χ4v) is 5.91. The molecular formula is C25H20Cl2FN3O4. The van der Waals surface area contributed by atoms with Gasteiger partial charge < -0.3 is 10.1 Å². The predicted octanol–water partition coefficient (Wildman–Crippen LogP) is 5.23. The Kier molecular flexibility index (Phi) is 5.91. The Bertz CT molecular complexity index is 1330. The minimum absolute atomic E-state index is 0.0420. The number of nitrogens with one attached hydrogen (secondary N) is 1. The summed E-state index contributed by atoms with van der Waals surface area (Å²) in [6, 6.07) is 14.9. The van der Waals surface area contributed by atoms with Crippen molar-refractivity contribution in [1.82, 2.24) is 4.90 Å². The van der Waals surface area contributed by atoms with Crippen LogP contribution in [0.1, 0.15) is 22.6 Å². The van der Waals surface area contributed by atoms with E-state index in [2.05, 4.69) is 5.32 Å². The van der Waals surface area contributed by atoms with Crippen molar-refractivity contribution in [3.05, 3.63) is 103 Å². The van der Waals surface area contributed by atoms with Crippen LogP contribution in [0.15, 0.2) is 60.7 Å². The molecule has 7 nitrogen and oxygen atoms in total. The number of anilines is 1. The Hall–Kier alpha value is -3.20. The van der Waals surface area contributed by atoms with Crippen LogP contribution >= 0.6 is 23.2 Å². The smallest absolute Gasteiger partial charge is 0.256 e. The fourth-order valence-electron chi connectivity index (χ4n) is 5.29. The summed E-state index contributed by atoms with van der Waals surface area (Å²) in [5.41, 5.74) is 0.801. The van der Waals surface area contributed by atoms with Crippen molar-refractivity contribution in [3.63, 3.8) is 0 Å². The molecule has 5 rings (SSSR count). The highest BCUT2D eigenvalue weighted by Gasteiger charge is 2.68. The Morgan fingerprint density at radius 2 is 1.89 bits per heavy atom. The third-order valence-corrected chi connectivity index (χ3v) is 7.32. The summed E-state index contributed by atoms with van der Waals surface area (Å²) in [4.78, 5) is 27.0. The highest BCUT2D eigenvalue weighted by molar-refractivity contribution is 6.37. The van der Waals surface area contributed by atoms with Gasteiger partial charge in [0.1, 0.15) is 12.4 Å². The summed E-state index contributed by atoms with van der Waals surface area (Å²) in [6.45, 7) is 0.282. The molecule has 1 fully saturated rings. The number of benzene rings is 3. The minimum atomic E-state index is -1.46. The highest BCUT2D eigenvalue weighted by atomic mass is 35.5. The van der Waals surface area contributed by atoms with E-state index in [-0.39, 0.29) is 34.8 Å². The number of amides is 1. The van der Waals surface area contributed by atoms with E-state index >= 15 is 0 Å². The third kappa shape index (κ3) is 3.73. The van der Waals surface area contributed by atoms with Crippen LogP contribution in [0.2, 0.25) is 10.0 Å². The summed E-state index contributed by atoms with van der Waals surface area (Å²) in [7, 11) is 1.71. The Morgan fingerprint density at radius 1 is 1.17 bits per heavy atom. The SMILES string of the molecule is CN1C[C@H](c2cc(Cl)c(OCc3cccc(F)c3)c(Cl)c2)[C@H]([N+](=O)[O-])[C@@]12C(=O)Nc1ccccc12. The highest BCUT2D eigenvalue weighted by Crippen LogP contribution is 2.52. The van der Waals surface area contributed by atoms with Crippen molar-refractivity contribution >= 4 is 34.8 Å². The van der Waals surface area contributed by atoms with Crippen molar-refractivity contribution in [2.75, 3.05) is 18.9 Å². The number of halogens is 3. The molecule has 3 aromatic rings. The molecule has 1 spiro atoms. The molecule has 1 amide bonds. The number of carbonyl (C=O) groups is 1. The quantitative estimate of drug-likeness (QED) is 0.371. The first kappa shape index (κ1) is 23.5. The topological polar surface area (TPSA) is 84.7 Å². The molecule has 2 heterocycles. The van der Waals surface area contributed by atoms with Crippen LogP contribution in [-0.4, -0.2) is 35.4 Å². The number of likely N-dealkylation sites (tertiary alicyclic amines) is 1. The number of nitro groups is 1. The molecule has 0 saturated carbocycles. The maximum absolute atomic E-state index is 13.5. The van der Waals surface area contributed by atoms with Gasteiger partial charge in [-0.05, 0) is 48.5 Å². The van der Waals surface area contributed by atoms with Gasteiger partial charge in [-0.15, -0.1) is 0 Å². The van der Waals surface area contributed by atoms with E-state index in [1.807, 2.05) is 0 Å². The lowest BCUT2D eigenvalue weighted by atomic mass is 9.79. The van der Waals surface area contributed by atoms with Crippen LogP contribution in [0.5, 0.6) is 5.75 Å². The number of hydrogen-bond acceptors (Lipinski definition) is 5. The van der Waals surface area contributed by atoms with Crippen LogP contribution in [0.25, 0.3) is 0 Å². The molecule has 0 bridgehead atoms. The van der Waals surface area contributed by atoms with E-state index < -0.39 is 28.3 Å². The molecule has 3 atom stereocenters. The van der Waals surface area contributed by atoms with Gasteiger partial charge in [0.2, 0.25) is 0 Å². The van der Waals surface area contributed by atoms with E-state index in [1.54, 1.807) is 60.5 Å². The average Bonchev–Trinajstić information content (AvgIpc) is 3.28. The Labute approximate surface area is 210 Å². The maximum atomic E-state index is 13.5. The number of para-hydroxylation sites is 1. The van der Waals surface area contributed by atoms with Crippen molar-refractivity contribution in [1.29, 1.82) is 0 Å². The van der Waals surface area contributed by atoms with Crippen LogP contribution < -0.4 is 10.1 Å². The number of carbonyl (C=O) groups excluding carboxylic acids is 1. The first-order valence-electron chi connectivity index (χ1n) is 10.9. The normalized spacial score (nSPS) is 23.4. The first-order valence-corrected chi connectivity index (χ1v) is 11.6. The van der Waals surface area contributed by atoms with Gasteiger partial charge in [0, 0.05) is 22.7 Å². The van der Waals surface area contributed by atoms with Crippen molar-refractivity contribution in [2.45, 2.75) is 24.1 Å². The van der Waals surface area contributed by atoms with Crippen molar-refractivity contribution in [3.8, 4) is 5.75 Å². The molecule has 1 saturated heterocycles. The van der Waals surface area contributed by atoms with E-state index in [1.165, 1.54) is 12.1 Å². The van der Waals surface area contributed by atoms with Gasteiger partial charge in [-0.25, -0.2) is 4.39 Å². The lowest BCUT2D eigenvalue weighted by molar-refractivity contribution is -0.534. The lowest BCUT2D eigenvalue weighted by Gasteiger charge is -2.30. The molecule has 35 heavy (non-hydrogen) atoms. The van der Waals surface area contributed by atoms with Crippen molar-refractivity contribution < 1.29 is 18.8 Å². The van der Waals surface area contributed by atoms with E-state index in [9.17, 15) is 19.3 Å². The third-order valence-electron chi connectivity index (χ3n) is 6.76. The van der Waals surface area contributed by atoms with Gasteiger partial charge in [0.25, 0.3) is 11.9 Å². The molecule has 0 unspecified atom stereocenters. The molecule has 0 radical (unpaired) electrons. The zero-order valence-corrected chi connectivity index (χ0v) is 20.0. The number of rotatable bonds is 5. The van der Waals surface area contributed by atoms with Crippen LogP contribution in [-0.2, 0) is 16.9 Å². The molecule has 2 aliphatic rings. The minimum Gasteiger partial charge on any atom is -0.486 e. The van der Waals surface area contributed by atoms with Gasteiger partial charge in [0.15, 0.2) is 11.3 Å². The second kappa shape index (κ2) is 8.78. The second-order valence-electron chi connectivity index (χ2n) is 8.72. The summed E-state index contributed by atoms with van der Waals surface area (Å²) < 4.78 is 19.2. The number of nitrogens with zero attached hydrogens (tertiary/aromatic N) is 2. The second-order valence-corrected chi connectivity index (χ2v) is 9.53. The summed E-state index contributed by atoms with van der Waals surface area (Å²) >= 11 is 13.0. The maximum Gasteiger partial charge on any atom is 0.256 e. The zero-order valence-electron chi connectivity index (χ0n) is 18.5. The van der Waals surface area contributed by atoms with Gasteiger partial charge in [-0.1, -0.05) is 53.5 Å². The van der Waals surface area contributed by atoms with Gasteiger partial charge in [-0.3, -0.25) is 19.8 Å². The Morgan fingerprint density at radius 3 is 2.57 bits per heavy atom. The van der Waals surface area contributed by atoms with Crippen molar-refractivity contribution in [2.24, 2.45) is 0 Å². The molecule has 1 N–H and O–H groups in total. The molecule has 2 aliphatic heterocycles. The van der Waals surface area contributed by atoms with Gasteiger partial charge in [0.05, 0.1) is 16.0 Å². The summed E-state index contributed by atoms with van der Waals surface area (Å²) in [5, 5.41) is 15.6. The molecular weight excluding hydrogens is 496 g/mol. The zero-order chi connectivity index (χ0) is 24.9. The number of fused-ring (bicyclic) bond motifs is 2. The van der Waals surface area contributed by atoms with Crippen LogP contribution in [0.3, 0.4) is 0 Å². The van der Waals surface area contributed by atoms with Gasteiger partial charge >= 0.3 is 0 Å². The molecule has 10 heteroatoms. The summed E-state index contributed by atoms with van der Waals surface area (Å²) in [6.07, 6.45) is 0. The summed E-state index contributed by atoms with van der Waals surface area (Å²) in [5.74, 6) is -1.29. The standard InChI is InChI=1S/C25H20Cl2FN3O4/c1-30-12-17(23(31(33)34)25(30)18-7-2-3-8-21(18)29-24(25)32)15-10-19(26)22(20(27)11-15)35-13-14-5-4-6-16(28)9-14/h2-11,17,23H,12-13H2,1H3,(H,29,32)/t17-,23+,25+/m1/s1. The Balaban J connectivity index is 1.50. The van der Waals surface area contributed by atoms with Crippen LogP contribution in [0.4, 0.5) is 10.1 Å². The lowest BCUT2D eigenvalue weighted by Crippen LogP contribution is -2.54. The monoisotopic (exact) mass is 515 g/mol. The van der Waals surface area contributed by atoms with Crippen LogP contribution in [0, 0.1) is 15.9 Å². The fraction of sp³-hybridized carbons (Fsp3) is 0.240. The van der Waals surface area contributed by atoms with E-state index in [0.29, 0.717) is 22.4 Å². The molecule has 0 aromatic heterocycles. The number of ether oxygens (including phenoxy) is 1. The predicted molar refractivity (Wildman–Crippen MR) is 130 cm³/mol. The molecule has 180 valence electrons. The average molecular weight is 516 g/mol.